The molecule has 0 saturated carbocycles. The molecule has 1 saturated heterocycles. The zero-order valence-electron chi connectivity index (χ0n) is 12.8. The zero-order chi connectivity index (χ0) is 17.5. The van der Waals surface area contributed by atoms with E-state index in [4.69, 9.17) is 16.0 Å². The van der Waals surface area contributed by atoms with Crippen LogP contribution in [-0.4, -0.2) is 39.5 Å². The number of hydrogen-bond donors (Lipinski definition) is 0. The Balaban J connectivity index is 1.75. The lowest BCUT2D eigenvalue weighted by atomic mass is 10.2. The molecule has 0 atom stereocenters. The van der Waals surface area contributed by atoms with Gasteiger partial charge in [0, 0.05) is 18.1 Å². The van der Waals surface area contributed by atoms with E-state index in [1.54, 1.807) is 31.2 Å². The van der Waals surface area contributed by atoms with Gasteiger partial charge in [-0.3, -0.25) is 0 Å². The summed E-state index contributed by atoms with van der Waals surface area (Å²) in [4.78, 5) is 0.108. The van der Waals surface area contributed by atoms with Crippen molar-refractivity contribution in [3.05, 3.63) is 52.9 Å². The van der Waals surface area contributed by atoms with Gasteiger partial charge in [-0.15, -0.1) is 0 Å². The van der Waals surface area contributed by atoms with Gasteiger partial charge < -0.3 is 4.42 Å². The van der Waals surface area contributed by atoms with Crippen molar-refractivity contribution in [1.29, 1.82) is 0 Å². The molecule has 1 aromatic heterocycles. The SMILES string of the molecule is Cc1ccc(Cl)cc1S(=O)(=O)N1CC(S(=O)(=O)Cc2ccco2)C1. The Morgan fingerprint density at radius 1 is 1.21 bits per heavy atom. The maximum atomic E-state index is 12.6. The summed E-state index contributed by atoms with van der Waals surface area (Å²) in [7, 11) is -7.22. The highest BCUT2D eigenvalue weighted by Crippen LogP contribution is 2.29. The average Bonchev–Trinajstić information content (AvgIpc) is 2.90. The Morgan fingerprint density at radius 2 is 1.92 bits per heavy atom. The monoisotopic (exact) mass is 389 g/mol. The summed E-state index contributed by atoms with van der Waals surface area (Å²) in [5.74, 6) is 0.122. The van der Waals surface area contributed by atoms with Crippen molar-refractivity contribution in [3.63, 3.8) is 0 Å². The lowest BCUT2D eigenvalue weighted by Gasteiger charge is -2.37. The van der Waals surface area contributed by atoms with E-state index in [0.717, 1.165) is 4.31 Å². The molecule has 24 heavy (non-hydrogen) atoms. The number of sulfonamides is 1. The second kappa shape index (κ2) is 6.18. The maximum absolute atomic E-state index is 12.6. The second-order valence-electron chi connectivity index (χ2n) is 5.74. The Labute approximate surface area is 146 Å². The van der Waals surface area contributed by atoms with E-state index in [-0.39, 0.29) is 23.7 Å². The molecule has 130 valence electrons. The molecule has 1 fully saturated rings. The van der Waals surface area contributed by atoms with Gasteiger partial charge in [0.1, 0.15) is 11.5 Å². The van der Waals surface area contributed by atoms with Gasteiger partial charge in [-0.05, 0) is 36.8 Å². The quantitative estimate of drug-likeness (QED) is 0.782. The third-order valence-corrected chi connectivity index (χ3v) is 8.22. The number of nitrogens with zero attached hydrogens (tertiary/aromatic N) is 1. The van der Waals surface area contributed by atoms with Gasteiger partial charge in [0.25, 0.3) is 0 Å². The lowest BCUT2D eigenvalue weighted by Crippen LogP contribution is -2.56. The molecule has 1 aliphatic rings. The van der Waals surface area contributed by atoms with Crippen molar-refractivity contribution < 1.29 is 21.3 Å². The topological polar surface area (TPSA) is 84.7 Å². The van der Waals surface area contributed by atoms with Gasteiger partial charge in [0.2, 0.25) is 10.0 Å². The second-order valence-corrected chi connectivity index (χ2v) is 10.4. The minimum atomic E-state index is -3.75. The van der Waals surface area contributed by atoms with Crippen molar-refractivity contribution in [2.75, 3.05) is 13.1 Å². The number of aryl methyl sites for hydroxylation is 1. The Morgan fingerprint density at radius 3 is 2.54 bits per heavy atom. The molecule has 6 nitrogen and oxygen atoms in total. The third kappa shape index (κ3) is 3.23. The van der Waals surface area contributed by atoms with Crippen LogP contribution < -0.4 is 0 Å². The van der Waals surface area contributed by atoms with Crippen LogP contribution in [0.1, 0.15) is 11.3 Å². The summed E-state index contributed by atoms with van der Waals surface area (Å²) in [6, 6.07) is 7.82. The molecule has 0 bridgehead atoms. The van der Waals surface area contributed by atoms with Crippen LogP contribution in [0.25, 0.3) is 0 Å². The molecular weight excluding hydrogens is 374 g/mol. The molecule has 0 amide bonds. The molecule has 0 unspecified atom stereocenters. The van der Waals surface area contributed by atoms with Crippen LogP contribution in [0.3, 0.4) is 0 Å². The molecule has 0 N–H and O–H groups in total. The number of hydrogen-bond acceptors (Lipinski definition) is 5. The van der Waals surface area contributed by atoms with Gasteiger partial charge in [-0.25, -0.2) is 16.8 Å². The number of benzene rings is 1. The standard InChI is InChI=1S/C15H16ClNO5S2/c1-11-4-5-12(16)7-15(11)24(20,21)17-8-14(9-17)23(18,19)10-13-3-2-6-22-13/h2-7,14H,8-10H2,1H3. The van der Waals surface area contributed by atoms with Crippen LogP contribution in [0.2, 0.25) is 5.02 Å². The smallest absolute Gasteiger partial charge is 0.243 e. The average molecular weight is 390 g/mol. The fourth-order valence-corrected chi connectivity index (χ4v) is 6.34. The van der Waals surface area contributed by atoms with Crippen molar-refractivity contribution in [2.24, 2.45) is 0 Å². The van der Waals surface area contributed by atoms with E-state index in [1.165, 1.54) is 12.3 Å². The van der Waals surface area contributed by atoms with E-state index in [1.807, 2.05) is 0 Å². The molecule has 2 aromatic rings. The van der Waals surface area contributed by atoms with Gasteiger partial charge in [0.15, 0.2) is 9.84 Å². The van der Waals surface area contributed by atoms with Crippen LogP contribution in [0.15, 0.2) is 45.9 Å². The van der Waals surface area contributed by atoms with Gasteiger partial charge in [-0.1, -0.05) is 17.7 Å². The highest BCUT2D eigenvalue weighted by Gasteiger charge is 2.44. The molecule has 9 heteroatoms. The van der Waals surface area contributed by atoms with Crippen LogP contribution in [0.4, 0.5) is 0 Å². The van der Waals surface area contributed by atoms with Gasteiger partial charge in [-0.2, -0.15) is 4.31 Å². The molecule has 3 rings (SSSR count). The van der Waals surface area contributed by atoms with Crippen LogP contribution in [0.5, 0.6) is 0 Å². The Bertz CT molecular complexity index is 946. The van der Waals surface area contributed by atoms with Crippen molar-refractivity contribution >= 4 is 31.5 Å². The normalized spacial score (nSPS) is 16.9. The summed E-state index contributed by atoms with van der Waals surface area (Å²) >= 11 is 5.88. The van der Waals surface area contributed by atoms with Gasteiger partial charge in [0.05, 0.1) is 16.4 Å². The van der Waals surface area contributed by atoms with E-state index < -0.39 is 25.1 Å². The first-order chi connectivity index (χ1) is 11.2. The predicted molar refractivity (Wildman–Crippen MR) is 90.1 cm³/mol. The summed E-state index contributed by atoms with van der Waals surface area (Å²) < 4.78 is 56.1. The Hall–Kier alpha value is -1.35. The highest BCUT2D eigenvalue weighted by atomic mass is 35.5. The summed E-state index contributed by atoms with van der Waals surface area (Å²) in [6.07, 6.45) is 1.41. The molecule has 0 aliphatic carbocycles. The van der Waals surface area contributed by atoms with Crippen LogP contribution in [0, 0.1) is 6.92 Å². The summed E-state index contributed by atoms with van der Waals surface area (Å²) in [5.41, 5.74) is 0.571. The Kier molecular flexibility index (Phi) is 4.50. The number of sulfone groups is 1. The molecule has 2 heterocycles. The van der Waals surface area contributed by atoms with E-state index in [2.05, 4.69) is 0 Å². The fourth-order valence-electron chi connectivity index (χ4n) is 2.53. The number of furan rings is 1. The van der Waals surface area contributed by atoms with Crippen molar-refractivity contribution in [1.82, 2.24) is 4.31 Å². The van der Waals surface area contributed by atoms with E-state index >= 15 is 0 Å². The third-order valence-electron chi connectivity index (χ3n) is 4.01. The summed E-state index contributed by atoms with van der Waals surface area (Å²) in [6.45, 7) is 1.56. The molecule has 1 aromatic carbocycles. The largest absolute Gasteiger partial charge is 0.468 e. The number of rotatable bonds is 5. The number of halogens is 1. The van der Waals surface area contributed by atoms with Crippen molar-refractivity contribution in [3.8, 4) is 0 Å². The maximum Gasteiger partial charge on any atom is 0.243 e. The van der Waals surface area contributed by atoms with E-state index in [0.29, 0.717) is 16.3 Å². The first-order valence-corrected chi connectivity index (χ1v) is 10.7. The van der Waals surface area contributed by atoms with Crippen LogP contribution >= 0.6 is 11.6 Å². The predicted octanol–water partition coefficient (Wildman–Crippen LogP) is 2.23. The summed E-state index contributed by atoms with van der Waals surface area (Å²) in [5, 5.41) is -0.404. The first kappa shape index (κ1) is 17.5. The molecular formula is C15H16ClNO5S2. The van der Waals surface area contributed by atoms with Gasteiger partial charge >= 0.3 is 0 Å². The molecule has 1 aliphatic heterocycles. The minimum Gasteiger partial charge on any atom is -0.468 e. The minimum absolute atomic E-state index is 0.0582. The van der Waals surface area contributed by atoms with Crippen LogP contribution in [-0.2, 0) is 25.6 Å². The lowest BCUT2D eigenvalue weighted by molar-refractivity contribution is 0.309. The fraction of sp³-hybridized carbons (Fsp3) is 0.333. The highest BCUT2D eigenvalue weighted by molar-refractivity contribution is 7.92. The first-order valence-electron chi connectivity index (χ1n) is 7.20. The van der Waals surface area contributed by atoms with E-state index in [9.17, 15) is 16.8 Å². The molecule has 0 radical (unpaired) electrons. The zero-order valence-corrected chi connectivity index (χ0v) is 15.2. The molecule has 0 spiro atoms. The van der Waals surface area contributed by atoms with Crippen molar-refractivity contribution in [2.45, 2.75) is 22.8 Å².